The lowest BCUT2D eigenvalue weighted by molar-refractivity contribution is 0.438. The average Bonchev–Trinajstić information content (AvgIpc) is 2.74. The van der Waals surface area contributed by atoms with Crippen molar-refractivity contribution in [2.45, 2.75) is 39.5 Å². The average molecular weight is 249 g/mol. The summed E-state index contributed by atoms with van der Waals surface area (Å²) in [6, 6.07) is 2.27. The summed E-state index contributed by atoms with van der Waals surface area (Å²) in [5, 5.41) is 10.2. The van der Waals surface area contributed by atoms with Gasteiger partial charge in [0.15, 0.2) is 5.13 Å². The maximum atomic E-state index is 9.12. The van der Waals surface area contributed by atoms with E-state index in [9.17, 15) is 0 Å². The molecule has 4 heteroatoms. The summed E-state index contributed by atoms with van der Waals surface area (Å²) < 4.78 is 0. The van der Waals surface area contributed by atoms with Crippen LogP contribution in [0.1, 0.15) is 50.1 Å². The minimum absolute atomic E-state index is 0.332. The van der Waals surface area contributed by atoms with E-state index in [1.807, 2.05) is 0 Å². The van der Waals surface area contributed by atoms with Gasteiger partial charge >= 0.3 is 0 Å². The molecule has 1 aromatic rings. The van der Waals surface area contributed by atoms with Crippen LogP contribution in [0.4, 0.5) is 5.13 Å². The summed E-state index contributed by atoms with van der Waals surface area (Å²) in [7, 11) is 0. The molecule has 1 aliphatic rings. The Balaban J connectivity index is 2.19. The highest BCUT2D eigenvalue weighted by molar-refractivity contribution is 7.16. The molecule has 0 aliphatic carbocycles. The van der Waals surface area contributed by atoms with E-state index in [2.05, 4.69) is 36.7 Å². The number of piperidine rings is 1. The van der Waals surface area contributed by atoms with Gasteiger partial charge in [0.1, 0.15) is 10.9 Å². The molecule has 0 spiro atoms. The second kappa shape index (κ2) is 5.05. The van der Waals surface area contributed by atoms with E-state index in [0.717, 1.165) is 34.7 Å². The predicted molar refractivity (Wildman–Crippen MR) is 71.5 cm³/mol. The van der Waals surface area contributed by atoms with E-state index in [1.165, 1.54) is 12.8 Å². The molecular formula is C13H19N3S. The second-order valence-electron chi connectivity index (χ2n) is 5.15. The molecule has 3 nitrogen and oxygen atoms in total. The van der Waals surface area contributed by atoms with Crippen molar-refractivity contribution in [1.82, 2.24) is 4.98 Å². The van der Waals surface area contributed by atoms with E-state index < -0.39 is 0 Å². The highest BCUT2D eigenvalue weighted by Gasteiger charge is 2.21. The Hall–Kier alpha value is -1.08. The quantitative estimate of drug-likeness (QED) is 0.806. The first-order chi connectivity index (χ1) is 8.11. The van der Waals surface area contributed by atoms with Crippen molar-refractivity contribution < 1.29 is 0 Å². The lowest BCUT2D eigenvalue weighted by Crippen LogP contribution is -2.32. The molecule has 1 aromatic heterocycles. The van der Waals surface area contributed by atoms with Gasteiger partial charge in [-0.3, -0.25) is 0 Å². The monoisotopic (exact) mass is 249 g/mol. The molecule has 0 amide bonds. The maximum absolute atomic E-state index is 9.12. The Morgan fingerprint density at radius 3 is 2.53 bits per heavy atom. The Morgan fingerprint density at radius 1 is 1.41 bits per heavy atom. The van der Waals surface area contributed by atoms with Crippen molar-refractivity contribution in [3.05, 3.63) is 10.6 Å². The fourth-order valence-corrected chi connectivity index (χ4v) is 3.20. The molecule has 1 aliphatic heterocycles. The summed E-state index contributed by atoms with van der Waals surface area (Å²) in [6.07, 6.45) is 2.47. The Kier molecular flexibility index (Phi) is 3.68. The number of rotatable bonds is 2. The number of anilines is 1. The smallest absolute Gasteiger partial charge is 0.186 e. The van der Waals surface area contributed by atoms with Crippen LogP contribution in [-0.4, -0.2) is 18.1 Å². The highest BCUT2D eigenvalue weighted by Crippen LogP contribution is 2.32. The molecule has 1 fully saturated rings. The van der Waals surface area contributed by atoms with Gasteiger partial charge in [-0.15, -0.1) is 0 Å². The highest BCUT2D eigenvalue weighted by atomic mass is 32.1. The minimum Gasteiger partial charge on any atom is -0.348 e. The summed E-state index contributed by atoms with van der Waals surface area (Å²) in [6.45, 7) is 8.66. The first-order valence-electron chi connectivity index (χ1n) is 6.27. The van der Waals surface area contributed by atoms with Gasteiger partial charge in [0.05, 0.1) is 5.69 Å². The molecule has 0 atom stereocenters. The molecule has 0 saturated carbocycles. The van der Waals surface area contributed by atoms with Crippen LogP contribution in [0.2, 0.25) is 0 Å². The molecule has 92 valence electrons. The van der Waals surface area contributed by atoms with Crippen LogP contribution in [0.5, 0.6) is 0 Å². The third-order valence-electron chi connectivity index (χ3n) is 3.34. The van der Waals surface area contributed by atoms with Gasteiger partial charge in [-0.2, -0.15) is 5.26 Å². The molecule has 0 radical (unpaired) electrons. The topological polar surface area (TPSA) is 39.9 Å². The number of thiazole rings is 1. The van der Waals surface area contributed by atoms with Gasteiger partial charge in [0, 0.05) is 13.1 Å². The number of aromatic nitrogens is 1. The van der Waals surface area contributed by atoms with Gasteiger partial charge in [-0.05, 0) is 24.7 Å². The van der Waals surface area contributed by atoms with Crippen LogP contribution in [0.3, 0.4) is 0 Å². The first kappa shape index (κ1) is 12.4. The van der Waals surface area contributed by atoms with Gasteiger partial charge in [-0.25, -0.2) is 4.98 Å². The third kappa shape index (κ3) is 2.61. The molecule has 0 N–H and O–H groups in total. The van der Waals surface area contributed by atoms with Gasteiger partial charge in [0.25, 0.3) is 0 Å². The molecule has 1 saturated heterocycles. The third-order valence-corrected chi connectivity index (χ3v) is 4.38. The number of nitriles is 1. The second-order valence-corrected chi connectivity index (χ2v) is 6.12. The minimum atomic E-state index is 0.332. The normalized spacial score (nSPS) is 17.5. The van der Waals surface area contributed by atoms with Gasteiger partial charge < -0.3 is 4.90 Å². The number of nitrogens with zero attached hydrogens (tertiary/aromatic N) is 3. The molecular weight excluding hydrogens is 230 g/mol. The van der Waals surface area contributed by atoms with E-state index in [4.69, 9.17) is 5.26 Å². The van der Waals surface area contributed by atoms with Crippen molar-refractivity contribution in [1.29, 1.82) is 5.26 Å². The molecule has 17 heavy (non-hydrogen) atoms. The van der Waals surface area contributed by atoms with Crippen molar-refractivity contribution in [3.8, 4) is 6.07 Å². The standard InChI is InChI=1S/C13H19N3S/c1-9(2)12-11(8-14)17-13(15-12)16-6-4-10(3)5-7-16/h9-10H,4-7H2,1-3H3. The maximum Gasteiger partial charge on any atom is 0.186 e. The summed E-state index contributed by atoms with van der Waals surface area (Å²) in [5.41, 5.74) is 0.964. The van der Waals surface area contributed by atoms with Crippen LogP contribution in [0.25, 0.3) is 0 Å². The largest absolute Gasteiger partial charge is 0.348 e. The molecule has 0 aromatic carbocycles. The lowest BCUT2D eigenvalue weighted by atomic mass is 10.00. The molecule has 2 rings (SSSR count). The SMILES string of the molecule is CC1CCN(c2nc(C(C)C)c(C#N)s2)CC1. The molecule has 0 bridgehead atoms. The zero-order valence-electron chi connectivity index (χ0n) is 10.7. The fourth-order valence-electron chi connectivity index (χ4n) is 2.13. The van der Waals surface area contributed by atoms with E-state index in [0.29, 0.717) is 5.92 Å². The zero-order valence-corrected chi connectivity index (χ0v) is 11.5. The van der Waals surface area contributed by atoms with Crippen LogP contribution < -0.4 is 4.90 Å². The van der Waals surface area contributed by atoms with Crippen molar-refractivity contribution in [3.63, 3.8) is 0 Å². The summed E-state index contributed by atoms with van der Waals surface area (Å²) >= 11 is 1.55. The first-order valence-corrected chi connectivity index (χ1v) is 7.09. The van der Waals surface area contributed by atoms with E-state index in [-0.39, 0.29) is 0 Å². The zero-order chi connectivity index (χ0) is 12.4. The molecule has 2 heterocycles. The Bertz CT molecular complexity index is 422. The van der Waals surface area contributed by atoms with Crippen molar-refractivity contribution in [2.75, 3.05) is 18.0 Å². The van der Waals surface area contributed by atoms with Crippen LogP contribution >= 0.6 is 11.3 Å². The van der Waals surface area contributed by atoms with Crippen molar-refractivity contribution in [2.24, 2.45) is 5.92 Å². The number of hydrogen-bond acceptors (Lipinski definition) is 4. The van der Waals surface area contributed by atoms with Gasteiger partial charge in [0.2, 0.25) is 0 Å². The summed E-state index contributed by atoms with van der Waals surface area (Å²) in [4.78, 5) is 7.77. The van der Waals surface area contributed by atoms with E-state index in [1.54, 1.807) is 11.3 Å². The fraction of sp³-hybridized carbons (Fsp3) is 0.692. The summed E-state index contributed by atoms with van der Waals surface area (Å²) in [5.74, 6) is 1.16. The number of hydrogen-bond donors (Lipinski definition) is 0. The Labute approximate surface area is 107 Å². The predicted octanol–water partition coefficient (Wildman–Crippen LogP) is 3.37. The van der Waals surface area contributed by atoms with Crippen molar-refractivity contribution >= 4 is 16.5 Å². The lowest BCUT2D eigenvalue weighted by Gasteiger charge is -2.29. The van der Waals surface area contributed by atoms with Gasteiger partial charge in [-0.1, -0.05) is 32.1 Å². The van der Waals surface area contributed by atoms with Crippen LogP contribution in [0.15, 0.2) is 0 Å². The molecule has 0 unspecified atom stereocenters. The van der Waals surface area contributed by atoms with E-state index >= 15 is 0 Å². The Morgan fingerprint density at radius 2 is 2.06 bits per heavy atom. The van der Waals surface area contributed by atoms with Crippen LogP contribution in [0, 0.1) is 17.2 Å². The van der Waals surface area contributed by atoms with Crippen LogP contribution in [-0.2, 0) is 0 Å².